The van der Waals surface area contributed by atoms with Crippen molar-refractivity contribution in [2.24, 2.45) is 5.92 Å². The second-order valence-corrected chi connectivity index (χ2v) is 8.02. The van der Waals surface area contributed by atoms with Crippen molar-refractivity contribution < 1.29 is 0 Å². The smallest absolute Gasteiger partial charge is 0.173 e. The number of benzene rings is 2. The Hall–Kier alpha value is -2.14. The highest BCUT2D eigenvalue weighted by atomic mass is 32.1. The minimum atomic E-state index is 0.583. The van der Waals surface area contributed by atoms with Gasteiger partial charge in [0.2, 0.25) is 0 Å². The first-order chi connectivity index (χ1) is 13.0. The van der Waals surface area contributed by atoms with E-state index in [-0.39, 0.29) is 0 Å². The van der Waals surface area contributed by atoms with E-state index in [1.807, 2.05) is 6.07 Å². The van der Waals surface area contributed by atoms with E-state index in [9.17, 15) is 0 Å². The average molecular weight is 375 g/mol. The number of nitrogens with zero attached hydrogens (tertiary/aromatic N) is 2. The Morgan fingerprint density at radius 2 is 1.96 bits per heavy atom. The molecule has 1 aromatic heterocycles. The third kappa shape index (κ3) is 4.41. The fourth-order valence-corrected chi connectivity index (χ4v) is 4.13. The van der Waals surface area contributed by atoms with Crippen LogP contribution < -0.4 is 5.73 Å². The van der Waals surface area contributed by atoms with Gasteiger partial charge in [-0.25, -0.2) is 4.98 Å². The van der Waals surface area contributed by atoms with E-state index in [0.717, 1.165) is 46.9 Å². The van der Waals surface area contributed by atoms with E-state index in [2.05, 4.69) is 55.5 Å². The standard InChI is InChI=1S/C22H26BN3S/c1-4-18-15(10-11-23)6-5-7-19(18)21-25-22(27-26-21)17-9-8-16(12-14(2)3)20(24)13-17/h5-9,13-14H,4,10-12,24H2,1-3H3. The molecule has 0 atom stereocenters. The van der Waals surface area contributed by atoms with Gasteiger partial charge < -0.3 is 5.73 Å². The molecule has 0 spiro atoms. The van der Waals surface area contributed by atoms with Crippen LogP contribution in [0.15, 0.2) is 36.4 Å². The van der Waals surface area contributed by atoms with Crippen molar-refractivity contribution in [3.8, 4) is 22.0 Å². The summed E-state index contributed by atoms with van der Waals surface area (Å²) in [6, 6.07) is 12.6. The van der Waals surface area contributed by atoms with Gasteiger partial charge in [-0.05, 0) is 59.5 Å². The van der Waals surface area contributed by atoms with E-state index < -0.39 is 0 Å². The van der Waals surface area contributed by atoms with Crippen LogP contribution >= 0.6 is 11.5 Å². The molecule has 0 aliphatic carbocycles. The maximum Gasteiger partial charge on any atom is 0.173 e. The molecule has 0 amide bonds. The highest BCUT2D eigenvalue weighted by Crippen LogP contribution is 2.31. The van der Waals surface area contributed by atoms with E-state index in [1.165, 1.54) is 28.2 Å². The Bertz CT molecular complexity index is 918. The Morgan fingerprint density at radius 3 is 2.63 bits per heavy atom. The first-order valence-electron chi connectivity index (χ1n) is 9.57. The number of aromatic nitrogens is 2. The molecule has 1 heterocycles. The maximum atomic E-state index is 6.27. The minimum Gasteiger partial charge on any atom is -0.398 e. The van der Waals surface area contributed by atoms with Crippen molar-refractivity contribution in [3.63, 3.8) is 0 Å². The molecule has 0 bridgehead atoms. The molecule has 3 aromatic rings. The zero-order valence-electron chi connectivity index (χ0n) is 16.3. The lowest BCUT2D eigenvalue weighted by Crippen LogP contribution is -1.99. The fourth-order valence-electron chi connectivity index (χ4n) is 3.46. The predicted octanol–water partition coefficient (Wildman–Crippen LogP) is 5.34. The first-order valence-corrected chi connectivity index (χ1v) is 10.3. The molecule has 0 saturated heterocycles. The van der Waals surface area contributed by atoms with Crippen molar-refractivity contribution in [1.29, 1.82) is 0 Å². The van der Waals surface area contributed by atoms with Gasteiger partial charge in [0.05, 0.1) is 7.85 Å². The molecule has 0 aliphatic rings. The van der Waals surface area contributed by atoms with Crippen LogP contribution in [0.3, 0.4) is 0 Å². The largest absolute Gasteiger partial charge is 0.398 e. The summed E-state index contributed by atoms with van der Waals surface area (Å²) in [5.41, 5.74) is 13.0. The normalized spacial score (nSPS) is 11.3. The number of nitrogens with two attached hydrogens (primary N) is 1. The van der Waals surface area contributed by atoms with Gasteiger partial charge in [0.25, 0.3) is 0 Å². The molecule has 0 saturated carbocycles. The number of rotatable bonds is 7. The molecular weight excluding hydrogens is 349 g/mol. The SMILES string of the molecule is [B]CCc1cccc(-c2nsc(-c3ccc(CC(C)C)c(N)c3)n2)c1CC. The lowest BCUT2D eigenvalue weighted by molar-refractivity contribution is 0.648. The van der Waals surface area contributed by atoms with Crippen LogP contribution in [-0.2, 0) is 19.3 Å². The van der Waals surface area contributed by atoms with Crippen LogP contribution in [0.2, 0.25) is 6.32 Å². The molecule has 2 aromatic carbocycles. The molecule has 0 aliphatic heterocycles. The van der Waals surface area contributed by atoms with Gasteiger partial charge in [0.1, 0.15) is 5.01 Å². The topological polar surface area (TPSA) is 51.8 Å². The Morgan fingerprint density at radius 1 is 1.15 bits per heavy atom. The molecule has 138 valence electrons. The Labute approximate surface area is 167 Å². The summed E-state index contributed by atoms with van der Waals surface area (Å²) in [5.74, 6) is 1.37. The van der Waals surface area contributed by atoms with Crippen LogP contribution in [0.25, 0.3) is 22.0 Å². The number of anilines is 1. The van der Waals surface area contributed by atoms with Gasteiger partial charge in [-0.15, -0.1) is 0 Å². The molecule has 0 fully saturated rings. The third-order valence-corrected chi connectivity index (χ3v) is 5.49. The first kappa shape index (κ1) is 19.6. The van der Waals surface area contributed by atoms with Gasteiger partial charge in [-0.2, -0.15) is 4.37 Å². The number of hydrogen-bond donors (Lipinski definition) is 1. The summed E-state index contributed by atoms with van der Waals surface area (Å²) in [5, 5.41) is 0.902. The van der Waals surface area contributed by atoms with E-state index in [4.69, 9.17) is 18.6 Å². The van der Waals surface area contributed by atoms with E-state index >= 15 is 0 Å². The lowest BCUT2D eigenvalue weighted by atomic mass is 9.91. The fraction of sp³-hybridized carbons (Fsp3) is 0.364. The van der Waals surface area contributed by atoms with Gasteiger partial charge in [0.15, 0.2) is 5.82 Å². The number of hydrogen-bond acceptors (Lipinski definition) is 4. The molecule has 3 rings (SSSR count). The lowest BCUT2D eigenvalue weighted by Gasteiger charge is -2.11. The van der Waals surface area contributed by atoms with E-state index in [0.29, 0.717) is 12.2 Å². The molecular formula is C22H26BN3S. The highest BCUT2D eigenvalue weighted by Gasteiger charge is 2.14. The minimum absolute atomic E-state index is 0.583. The summed E-state index contributed by atoms with van der Waals surface area (Å²) in [6.45, 7) is 6.57. The number of nitrogen functional groups attached to an aromatic ring is 1. The van der Waals surface area contributed by atoms with Crippen molar-refractivity contribution in [2.45, 2.75) is 46.4 Å². The Kier molecular flexibility index (Phi) is 6.32. The van der Waals surface area contributed by atoms with Gasteiger partial charge in [-0.1, -0.05) is 57.4 Å². The van der Waals surface area contributed by atoms with Crippen molar-refractivity contribution >= 4 is 25.1 Å². The van der Waals surface area contributed by atoms with Crippen molar-refractivity contribution in [2.75, 3.05) is 5.73 Å². The molecule has 2 radical (unpaired) electrons. The quantitative estimate of drug-likeness (QED) is 0.448. The average Bonchev–Trinajstić information content (AvgIpc) is 3.13. The molecule has 3 nitrogen and oxygen atoms in total. The van der Waals surface area contributed by atoms with E-state index in [1.54, 1.807) is 0 Å². The molecule has 0 unspecified atom stereocenters. The zero-order chi connectivity index (χ0) is 19.4. The van der Waals surface area contributed by atoms with Gasteiger partial charge >= 0.3 is 0 Å². The third-order valence-electron chi connectivity index (χ3n) is 4.73. The summed E-state index contributed by atoms with van der Waals surface area (Å²) in [6.07, 6.45) is 3.45. The molecule has 27 heavy (non-hydrogen) atoms. The predicted molar refractivity (Wildman–Crippen MR) is 117 cm³/mol. The second kappa shape index (κ2) is 8.70. The maximum absolute atomic E-state index is 6.27. The molecule has 5 heteroatoms. The van der Waals surface area contributed by atoms with Crippen LogP contribution in [0.5, 0.6) is 0 Å². The number of aryl methyl sites for hydroxylation is 1. The van der Waals surface area contributed by atoms with Crippen LogP contribution in [0.4, 0.5) is 5.69 Å². The zero-order valence-corrected chi connectivity index (χ0v) is 17.1. The van der Waals surface area contributed by atoms with Crippen molar-refractivity contribution in [3.05, 3.63) is 53.1 Å². The van der Waals surface area contributed by atoms with Crippen molar-refractivity contribution in [1.82, 2.24) is 9.36 Å². The Balaban J connectivity index is 1.94. The highest BCUT2D eigenvalue weighted by molar-refractivity contribution is 7.09. The summed E-state index contributed by atoms with van der Waals surface area (Å²) in [4.78, 5) is 4.81. The summed E-state index contributed by atoms with van der Waals surface area (Å²) in [7, 11) is 5.77. The van der Waals surface area contributed by atoms with Crippen LogP contribution in [0, 0.1) is 5.92 Å². The second-order valence-electron chi connectivity index (χ2n) is 7.27. The monoisotopic (exact) mass is 375 g/mol. The van der Waals surface area contributed by atoms with Gasteiger partial charge in [-0.3, -0.25) is 0 Å². The van der Waals surface area contributed by atoms with Crippen LogP contribution in [0.1, 0.15) is 37.5 Å². The van der Waals surface area contributed by atoms with Gasteiger partial charge in [0, 0.05) is 16.8 Å². The van der Waals surface area contributed by atoms with Crippen LogP contribution in [-0.4, -0.2) is 17.2 Å². The summed E-state index contributed by atoms with van der Waals surface area (Å²) >= 11 is 1.42. The molecule has 2 N–H and O–H groups in total. The summed E-state index contributed by atoms with van der Waals surface area (Å²) < 4.78 is 4.63.